The van der Waals surface area contributed by atoms with Crippen LogP contribution in [0.1, 0.15) is 29.5 Å². The molecular formula is C30H30ClF2N5O2. The molecular weight excluding hydrogens is 536 g/mol. The summed E-state index contributed by atoms with van der Waals surface area (Å²) >= 11 is 6.42. The molecule has 1 aliphatic heterocycles. The molecule has 208 valence electrons. The van der Waals surface area contributed by atoms with Crippen LogP contribution in [0.25, 0.3) is 34.4 Å². The molecule has 3 aromatic heterocycles. The number of fused-ring (bicyclic) bond motifs is 1. The molecule has 0 aliphatic carbocycles. The van der Waals surface area contributed by atoms with Crippen LogP contribution in [-0.4, -0.2) is 46.8 Å². The van der Waals surface area contributed by atoms with Crippen molar-refractivity contribution in [2.45, 2.75) is 25.3 Å². The molecule has 1 aliphatic rings. The number of piperidine rings is 1. The number of carbonyl (C=O) groups is 1. The van der Waals surface area contributed by atoms with Crippen LogP contribution in [0.4, 0.5) is 14.6 Å². The number of aromatic nitrogens is 2. The summed E-state index contributed by atoms with van der Waals surface area (Å²) in [5.41, 5.74) is 10.3. The maximum Gasteiger partial charge on any atom is 0.250 e. The smallest absolute Gasteiger partial charge is 0.250 e. The third-order valence-corrected chi connectivity index (χ3v) is 6.72. The minimum Gasteiger partial charge on any atom is -0.462 e. The van der Waals surface area contributed by atoms with Gasteiger partial charge in [-0.2, -0.15) is 0 Å². The van der Waals surface area contributed by atoms with Crippen molar-refractivity contribution >= 4 is 46.4 Å². The number of nitrogen functional groups attached to an aromatic ring is 1. The summed E-state index contributed by atoms with van der Waals surface area (Å²) in [5, 5.41) is 4.16. The van der Waals surface area contributed by atoms with E-state index < -0.39 is 5.92 Å². The molecule has 1 aromatic carbocycles. The van der Waals surface area contributed by atoms with Gasteiger partial charge in [-0.05, 0) is 54.6 Å². The Morgan fingerprint density at radius 1 is 1.18 bits per heavy atom. The fourth-order valence-electron chi connectivity index (χ4n) is 4.00. The number of halogens is 3. The maximum absolute atomic E-state index is 12.4. The molecule has 5 rings (SSSR count). The summed E-state index contributed by atoms with van der Waals surface area (Å²) in [6, 6.07) is 11.1. The van der Waals surface area contributed by atoms with Gasteiger partial charge in [0, 0.05) is 67.5 Å². The number of nitrogens with zero attached hydrogens (tertiary/aromatic N) is 3. The zero-order chi connectivity index (χ0) is 28.7. The number of alkyl halides is 2. The molecule has 10 heteroatoms. The third-order valence-electron chi connectivity index (χ3n) is 6.43. The van der Waals surface area contributed by atoms with E-state index >= 15 is 0 Å². The lowest BCUT2D eigenvalue weighted by Crippen LogP contribution is -2.36. The monoisotopic (exact) mass is 565 g/mol. The Morgan fingerprint density at radius 3 is 2.52 bits per heavy atom. The van der Waals surface area contributed by atoms with Crippen molar-refractivity contribution in [3.05, 3.63) is 89.4 Å². The predicted octanol–water partition coefficient (Wildman–Crippen LogP) is 6.45. The number of nitrogens with one attached hydrogen (secondary N) is 1. The summed E-state index contributed by atoms with van der Waals surface area (Å²) < 4.78 is 30.3. The Labute approximate surface area is 236 Å². The highest BCUT2D eigenvalue weighted by Gasteiger charge is 2.32. The van der Waals surface area contributed by atoms with E-state index in [-0.39, 0.29) is 18.7 Å². The topological polar surface area (TPSA) is 97.3 Å². The van der Waals surface area contributed by atoms with E-state index in [9.17, 15) is 13.6 Å². The fourth-order valence-corrected chi connectivity index (χ4v) is 4.26. The van der Waals surface area contributed by atoms with Crippen LogP contribution in [0.15, 0.2) is 72.1 Å². The number of rotatable bonds is 6. The van der Waals surface area contributed by atoms with Gasteiger partial charge in [-0.3, -0.25) is 9.78 Å². The SMILES string of the molecule is C=Cc1ccc(-c2cc(Cl)c3occ(CNC(=O)/C=C/c4ccc(N)nc4)c3c2)nc1.CN1CCC(F)(F)CC1. The summed E-state index contributed by atoms with van der Waals surface area (Å²) in [6.45, 7) is 5.10. The summed E-state index contributed by atoms with van der Waals surface area (Å²) in [4.78, 5) is 22.6. The van der Waals surface area contributed by atoms with Crippen LogP contribution in [0.5, 0.6) is 0 Å². The minimum absolute atomic E-state index is 0.0312. The molecule has 4 aromatic rings. The first kappa shape index (κ1) is 28.9. The van der Waals surface area contributed by atoms with Crippen molar-refractivity contribution in [1.29, 1.82) is 0 Å². The van der Waals surface area contributed by atoms with Crippen molar-refractivity contribution in [2.75, 3.05) is 25.9 Å². The molecule has 0 unspecified atom stereocenters. The molecule has 40 heavy (non-hydrogen) atoms. The van der Waals surface area contributed by atoms with Gasteiger partial charge in [-0.1, -0.05) is 30.3 Å². The Balaban J connectivity index is 0.000000350. The molecule has 1 amide bonds. The van der Waals surface area contributed by atoms with E-state index in [1.807, 2.05) is 36.2 Å². The first-order valence-electron chi connectivity index (χ1n) is 12.7. The van der Waals surface area contributed by atoms with Gasteiger partial charge in [0.1, 0.15) is 5.82 Å². The maximum atomic E-state index is 12.4. The van der Waals surface area contributed by atoms with E-state index in [2.05, 4.69) is 21.9 Å². The molecule has 1 fully saturated rings. The van der Waals surface area contributed by atoms with Crippen molar-refractivity contribution in [3.8, 4) is 11.3 Å². The number of hydrogen-bond donors (Lipinski definition) is 2. The Hall–Kier alpha value is -4.08. The molecule has 7 nitrogen and oxygen atoms in total. The number of pyridine rings is 2. The number of nitrogens with two attached hydrogens (primary N) is 1. The number of hydrogen-bond acceptors (Lipinski definition) is 6. The van der Waals surface area contributed by atoms with Crippen LogP contribution in [0, 0.1) is 0 Å². The first-order valence-corrected chi connectivity index (χ1v) is 13.0. The number of carbonyl (C=O) groups excluding carboxylic acids is 1. The van der Waals surface area contributed by atoms with Gasteiger partial charge in [0.2, 0.25) is 5.91 Å². The van der Waals surface area contributed by atoms with Gasteiger partial charge in [0.25, 0.3) is 5.92 Å². The average Bonchev–Trinajstić information content (AvgIpc) is 3.37. The van der Waals surface area contributed by atoms with Crippen LogP contribution in [0.2, 0.25) is 5.02 Å². The minimum atomic E-state index is -2.38. The lowest BCUT2D eigenvalue weighted by Gasteiger charge is -2.28. The lowest BCUT2D eigenvalue weighted by molar-refractivity contribution is -0.116. The van der Waals surface area contributed by atoms with Crippen molar-refractivity contribution in [2.24, 2.45) is 0 Å². The zero-order valence-electron chi connectivity index (χ0n) is 22.0. The second kappa shape index (κ2) is 12.8. The Kier molecular flexibility index (Phi) is 9.29. The predicted molar refractivity (Wildman–Crippen MR) is 156 cm³/mol. The molecule has 4 heterocycles. The quantitative estimate of drug-likeness (QED) is 0.261. The molecule has 1 saturated heterocycles. The molecule has 0 spiro atoms. The Morgan fingerprint density at radius 2 is 1.90 bits per heavy atom. The van der Waals surface area contributed by atoms with E-state index in [0.29, 0.717) is 36.1 Å². The van der Waals surface area contributed by atoms with Crippen molar-refractivity contribution in [3.63, 3.8) is 0 Å². The second-order valence-corrected chi connectivity index (χ2v) is 9.91. The number of furan rings is 1. The van der Waals surface area contributed by atoms with E-state index in [1.165, 1.54) is 6.08 Å². The van der Waals surface area contributed by atoms with Crippen molar-refractivity contribution < 1.29 is 18.0 Å². The molecule has 3 N–H and O–H groups in total. The molecule has 0 bridgehead atoms. The third kappa shape index (κ3) is 7.74. The largest absolute Gasteiger partial charge is 0.462 e. The number of anilines is 1. The zero-order valence-corrected chi connectivity index (χ0v) is 22.8. The van der Waals surface area contributed by atoms with Crippen LogP contribution >= 0.6 is 11.6 Å². The van der Waals surface area contributed by atoms with Crippen LogP contribution in [-0.2, 0) is 11.3 Å². The number of likely N-dealkylation sites (tertiary alicyclic amines) is 1. The lowest BCUT2D eigenvalue weighted by atomic mass is 10.1. The average molecular weight is 566 g/mol. The van der Waals surface area contributed by atoms with Crippen LogP contribution < -0.4 is 11.1 Å². The second-order valence-electron chi connectivity index (χ2n) is 9.50. The van der Waals surface area contributed by atoms with E-state index in [1.54, 1.807) is 42.9 Å². The first-order chi connectivity index (χ1) is 19.1. The van der Waals surface area contributed by atoms with Gasteiger partial charge >= 0.3 is 0 Å². The highest BCUT2D eigenvalue weighted by Crippen LogP contribution is 2.33. The summed E-state index contributed by atoms with van der Waals surface area (Å²) in [7, 11) is 1.87. The number of benzene rings is 1. The summed E-state index contributed by atoms with van der Waals surface area (Å²) in [6.07, 6.45) is 9.86. The molecule has 0 radical (unpaired) electrons. The van der Waals surface area contributed by atoms with Gasteiger partial charge in [-0.25, -0.2) is 13.8 Å². The molecule has 0 saturated carbocycles. The van der Waals surface area contributed by atoms with Gasteiger partial charge < -0.3 is 20.4 Å². The highest BCUT2D eigenvalue weighted by atomic mass is 35.5. The molecule has 0 atom stereocenters. The van der Waals surface area contributed by atoms with Crippen LogP contribution in [0.3, 0.4) is 0 Å². The Bertz CT molecular complexity index is 1490. The van der Waals surface area contributed by atoms with E-state index in [4.69, 9.17) is 21.8 Å². The normalized spacial score (nSPS) is 15.0. The van der Waals surface area contributed by atoms with Gasteiger partial charge in [0.05, 0.1) is 17.0 Å². The van der Waals surface area contributed by atoms with E-state index in [0.717, 1.165) is 33.3 Å². The van der Waals surface area contributed by atoms with Gasteiger partial charge in [0.15, 0.2) is 5.58 Å². The highest BCUT2D eigenvalue weighted by molar-refractivity contribution is 6.35. The summed E-state index contributed by atoms with van der Waals surface area (Å²) in [5.74, 6) is -2.19. The van der Waals surface area contributed by atoms with Crippen molar-refractivity contribution in [1.82, 2.24) is 20.2 Å². The van der Waals surface area contributed by atoms with Gasteiger partial charge in [-0.15, -0.1) is 0 Å². The standard InChI is InChI=1S/C24H19ClN4O2.C6H11F2N/c1-2-15-3-6-21(27-11-15)17-9-19-18(14-31-24(19)20(25)10-17)13-29-23(30)8-5-16-4-7-22(26)28-12-16;1-9-4-2-6(7,8)3-5-9/h2-12,14H,1,13H2,(H2,26,28)(H,29,30);2-5H2,1H3/b8-5+;. The fraction of sp³-hybridized carbons (Fsp3) is 0.233. The number of amides is 1.